The van der Waals surface area contributed by atoms with Crippen LogP contribution in [-0.2, 0) is 26.0 Å². The van der Waals surface area contributed by atoms with Gasteiger partial charge in [-0.1, -0.05) is 18.2 Å². The van der Waals surface area contributed by atoms with E-state index in [0.717, 1.165) is 5.52 Å². The number of para-hydroxylation sites is 1. The van der Waals surface area contributed by atoms with Gasteiger partial charge in [-0.05, 0) is 13.0 Å². The number of nitrogens with zero attached hydrogens (tertiary/aromatic N) is 1. The SMILES string of the molecule is COCCOCCn1c(C)c(S(N)(=O)=O)c2ccccc21. The van der Waals surface area contributed by atoms with E-state index in [1.54, 1.807) is 26.2 Å². The van der Waals surface area contributed by atoms with Gasteiger partial charge in [-0.2, -0.15) is 0 Å². The van der Waals surface area contributed by atoms with Crippen LogP contribution in [0.2, 0.25) is 0 Å². The molecule has 1 aromatic carbocycles. The summed E-state index contributed by atoms with van der Waals surface area (Å²) in [5.41, 5.74) is 1.48. The molecular formula is C14H20N2O4S. The number of ether oxygens (including phenoxy) is 2. The fourth-order valence-electron chi connectivity index (χ4n) is 2.45. The molecule has 0 fully saturated rings. The van der Waals surface area contributed by atoms with Crippen molar-refractivity contribution in [2.45, 2.75) is 18.4 Å². The summed E-state index contributed by atoms with van der Waals surface area (Å²) >= 11 is 0. The molecule has 0 bridgehead atoms. The minimum Gasteiger partial charge on any atom is -0.382 e. The third-order valence-electron chi connectivity index (χ3n) is 3.35. The third-order valence-corrected chi connectivity index (χ3v) is 4.43. The molecule has 0 unspecified atom stereocenters. The summed E-state index contributed by atoms with van der Waals surface area (Å²) in [7, 11) is -2.14. The number of fused-ring (bicyclic) bond motifs is 1. The van der Waals surface area contributed by atoms with Crippen LogP contribution < -0.4 is 5.14 Å². The number of sulfonamides is 1. The maximum absolute atomic E-state index is 11.8. The Morgan fingerprint density at radius 3 is 2.57 bits per heavy atom. The first-order chi connectivity index (χ1) is 9.96. The van der Waals surface area contributed by atoms with Gasteiger partial charge < -0.3 is 14.0 Å². The van der Waals surface area contributed by atoms with E-state index in [1.165, 1.54) is 0 Å². The lowest BCUT2D eigenvalue weighted by Crippen LogP contribution is -2.15. The lowest BCUT2D eigenvalue weighted by atomic mass is 10.2. The molecule has 0 aliphatic heterocycles. The van der Waals surface area contributed by atoms with Crippen molar-refractivity contribution in [2.24, 2.45) is 5.14 Å². The Balaban J connectivity index is 2.34. The first kappa shape index (κ1) is 16.0. The van der Waals surface area contributed by atoms with Crippen molar-refractivity contribution >= 4 is 20.9 Å². The molecule has 0 radical (unpaired) electrons. The normalized spacial score (nSPS) is 12.1. The van der Waals surface area contributed by atoms with Crippen LogP contribution in [0, 0.1) is 6.92 Å². The van der Waals surface area contributed by atoms with Gasteiger partial charge in [0, 0.05) is 30.3 Å². The minimum absolute atomic E-state index is 0.190. The standard InChI is InChI=1S/C14H20N2O4S/c1-11-14(21(15,17)18)12-5-3-4-6-13(12)16(11)7-8-20-10-9-19-2/h3-6H,7-10H2,1-2H3,(H2,15,17,18). The number of primary sulfonamides is 1. The molecule has 116 valence electrons. The first-order valence-corrected chi connectivity index (χ1v) is 8.18. The second-order valence-electron chi connectivity index (χ2n) is 4.73. The van der Waals surface area contributed by atoms with Crippen LogP contribution in [0.5, 0.6) is 0 Å². The molecule has 21 heavy (non-hydrogen) atoms. The minimum atomic E-state index is -3.76. The van der Waals surface area contributed by atoms with Gasteiger partial charge in [0.25, 0.3) is 0 Å². The van der Waals surface area contributed by atoms with E-state index in [-0.39, 0.29) is 4.90 Å². The number of rotatable bonds is 7. The highest BCUT2D eigenvalue weighted by Gasteiger charge is 2.21. The van der Waals surface area contributed by atoms with Crippen LogP contribution in [-0.4, -0.2) is 39.9 Å². The number of hydrogen-bond acceptors (Lipinski definition) is 4. The van der Waals surface area contributed by atoms with E-state index in [4.69, 9.17) is 14.6 Å². The van der Waals surface area contributed by atoms with E-state index in [0.29, 0.717) is 37.4 Å². The number of benzene rings is 1. The van der Waals surface area contributed by atoms with E-state index >= 15 is 0 Å². The smallest absolute Gasteiger partial charge is 0.240 e. The van der Waals surface area contributed by atoms with Gasteiger partial charge in [0.15, 0.2) is 0 Å². The van der Waals surface area contributed by atoms with E-state index in [2.05, 4.69) is 0 Å². The fraction of sp³-hybridized carbons (Fsp3) is 0.429. The average Bonchev–Trinajstić information content (AvgIpc) is 2.71. The van der Waals surface area contributed by atoms with Crippen LogP contribution >= 0.6 is 0 Å². The van der Waals surface area contributed by atoms with Gasteiger partial charge in [0.05, 0.1) is 19.8 Å². The van der Waals surface area contributed by atoms with E-state index in [9.17, 15) is 8.42 Å². The molecule has 0 aliphatic rings. The average molecular weight is 312 g/mol. The molecule has 0 atom stereocenters. The lowest BCUT2D eigenvalue weighted by molar-refractivity contribution is 0.0668. The van der Waals surface area contributed by atoms with Crippen molar-refractivity contribution in [3.8, 4) is 0 Å². The highest BCUT2D eigenvalue weighted by molar-refractivity contribution is 7.89. The zero-order valence-electron chi connectivity index (χ0n) is 12.2. The summed E-state index contributed by atoms with van der Waals surface area (Å²) in [5, 5.41) is 5.99. The summed E-state index contributed by atoms with van der Waals surface area (Å²) in [6.07, 6.45) is 0. The summed E-state index contributed by atoms with van der Waals surface area (Å²) < 4.78 is 35.9. The van der Waals surface area contributed by atoms with Crippen LogP contribution in [0.1, 0.15) is 5.69 Å². The molecule has 2 aromatic rings. The van der Waals surface area contributed by atoms with Crippen LogP contribution in [0.4, 0.5) is 0 Å². The molecule has 0 saturated heterocycles. The van der Waals surface area contributed by atoms with Crippen molar-refractivity contribution in [3.63, 3.8) is 0 Å². The van der Waals surface area contributed by atoms with Crippen LogP contribution in [0.3, 0.4) is 0 Å². The summed E-state index contributed by atoms with van der Waals surface area (Å²) in [4.78, 5) is 0.190. The molecule has 6 nitrogen and oxygen atoms in total. The van der Waals surface area contributed by atoms with Crippen molar-refractivity contribution < 1.29 is 17.9 Å². The molecule has 7 heteroatoms. The van der Waals surface area contributed by atoms with Crippen molar-refractivity contribution in [3.05, 3.63) is 30.0 Å². The van der Waals surface area contributed by atoms with Gasteiger partial charge in [-0.3, -0.25) is 0 Å². The second kappa shape index (κ2) is 6.57. The number of methoxy groups -OCH3 is 1. The molecule has 0 amide bonds. The van der Waals surface area contributed by atoms with Gasteiger partial charge in [0.1, 0.15) is 4.90 Å². The molecule has 2 N–H and O–H groups in total. The van der Waals surface area contributed by atoms with E-state index < -0.39 is 10.0 Å². The third kappa shape index (κ3) is 3.44. The second-order valence-corrected chi connectivity index (χ2v) is 6.23. The summed E-state index contributed by atoms with van der Waals surface area (Å²) in [5.74, 6) is 0. The number of hydrogen-bond donors (Lipinski definition) is 1. The predicted octanol–water partition coefficient (Wildman–Crippen LogP) is 1.26. The zero-order chi connectivity index (χ0) is 15.5. The van der Waals surface area contributed by atoms with Gasteiger partial charge in [0.2, 0.25) is 10.0 Å². The predicted molar refractivity (Wildman–Crippen MR) is 80.7 cm³/mol. The van der Waals surface area contributed by atoms with E-state index in [1.807, 2.05) is 16.7 Å². The Morgan fingerprint density at radius 1 is 1.19 bits per heavy atom. The largest absolute Gasteiger partial charge is 0.382 e. The topological polar surface area (TPSA) is 83.5 Å². The lowest BCUT2D eigenvalue weighted by Gasteiger charge is -2.09. The zero-order valence-corrected chi connectivity index (χ0v) is 13.0. The summed E-state index contributed by atoms with van der Waals surface area (Å²) in [6, 6.07) is 7.32. The highest BCUT2D eigenvalue weighted by atomic mass is 32.2. The Bertz CT molecular complexity index is 722. The quantitative estimate of drug-likeness (QED) is 0.780. The molecule has 1 aromatic heterocycles. The maximum Gasteiger partial charge on any atom is 0.240 e. The van der Waals surface area contributed by atoms with Crippen molar-refractivity contribution in [1.82, 2.24) is 4.57 Å². The first-order valence-electron chi connectivity index (χ1n) is 6.64. The number of aromatic nitrogens is 1. The van der Waals surface area contributed by atoms with Gasteiger partial charge in [-0.25, -0.2) is 13.6 Å². The Kier molecular flexibility index (Phi) is 5.00. The van der Waals surface area contributed by atoms with Crippen LogP contribution in [0.15, 0.2) is 29.2 Å². The van der Waals surface area contributed by atoms with Crippen molar-refractivity contribution in [2.75, 3.05) is 26.9 Å². The van der Waals surface area contributed by atoms with Gasteiger partial charge in [-0.15, -0.1) is 0 Å². The Labute approximate surface area is 124 Å². The fourth-order valence-corrected chi connectivity index (χ4v) is 3.45. The van der Waals surface area contributed by atoms with Crippen molar-refractivity contribution in [1.29, 1.82) is 0 Å². The molecule has 0 saturated carbocycles. The Hall–Kier alpha value is -1.41. The van der Waals surface area contributed by atoms with Gasteiger partial charge >= 0.3 is 0 Å². The molecule has 0 aliphatic carbocycles. The molecular weight excluding hydrogens is 292 g/mol. The number of nitrogens with two attached hydrogens (primary N) is 1. The molecule has 0 spiro atoms. The summed E-state index contributed by atoms with van der Waals surface area (Å²) in [6.45, 7) is 3.85. The maximum atomic E-state index is 11.8. The highest BCUT2D eigenvalue weighted by Crippen LogP contribution is 2.28. The van der Waals surface area contributed by atoms with Crippen LogP contribution in [0.25, 0.3) is 10.9 Å². The molecule has 1 heterocycles. The monoisotopic (exact) mass is 312 g/mol. The Morgan fingerprint density at radius 2 is 1.90 bits per heavy atom. The molecule has 2 rings (SSSR count).